The molecule has 0 aliphatic carbocycles. The Morgan fingerprint density at radius 1 is 0.228 bits per heavy atom. The van der Waals surface area contributed by atoms with Crippen molar-refractivity contribution in [3.05, 3.63) is 86.0 Å². The van der Waals surface area contributed by atoms with Crippen molar-refractivity contribution in [3.8, 4) is 0 Å². The van der Waals surface area contributed by atoms with Crippen molar-refractivity contribution in [2.75, 3.05) is 0 Å². The van der Waals surface area contributed by atoms with Crippen molar-refractivity contribution < 1.29 is 19.1 Å². The summed E-state index contributed by atoms with van der Waals surface area (Å²) in [6, 6.07) is 10.2. The minimum atomic E-state index is 1.01. The molecular weight excluding hydrogens is 1260 g/mol. The summed E-state index contributed by atoms with van der Waals surface area (Å²) >= 11 is 2.05. The van der Waals surface area contributed by atoms with Crippen LogP contribution in [0.15, 0.2) is 35.9 Å². The zero-order valence-corrected chi connectivity index (χ0v) is 71.2. The van der Waals surface area contributed by atoms with Crippen molar-refractivity contribution in [1.29, 1.82) is 0 Å². The van der Waals surface area contributed by atoms with Crippen LogP contribution in [0.5, 0.6) is 0 Å². The molecule has 0 N–H and O–H groups in total. The number of nitrogens with zero attached hydrogens (tertiary/aromatic N) is 2. The summed E-state index contributed by atoms with van der Waals surface area (Å²) in [5.41, 5.74) is 28.3. The first kappa shape index (κ1) is 95.1. The van der Waals surface area contributed by atoms with Crippen molar-refractivity contribution in [1.82, 2.24) is 0 Å². The van der Waals surface area contributed by atoms with Crippen molar-refractivity contribution >= 4 is 11.4 Å². The molecule has 2 aromatic carbocycles. The second-order valence-electron chi connectivity index (χ2n) is 32.4. The monoisotopic (exact) mass is 1440 g/mol. The number of benzene rings is 2. The van der Waals surface area contributed by atoms with Crippen LogP contribution in [-0.2, 0) is 53.0 Å². The van der Waals surface area contributed by atoms with E-state index in [-0.39, 0.29) is 0 Å². The number of hydrogen-bond donors (Lipinski definition) is 0. The van der Waals surface area contributed by atoms with Crippen LogP contribution >= 0.6 is 0 Å². The molecule has 0 bridgehead atoms. The first-order valence-electron chi connectivity index (χ1n) is 46.6. The van der Waals surface area contributed by atoms with E-state index < -0.39 is 0 Å². The van der Waals surface area contributed by atoms with Crippen LogP contribution in [0.2, 0.25) is 10.8 Å². The van der Waals surface area contributed by atoms with Gasteiger partial charge in [0, 0.05) is 22.8 Å². The summed E-state index contributed by atoms with van der Waals surface area (Å²) in [5.74, 6) is 0. The van der Waals surface area contributed by atoms with Crippen molar-refractivity contribution in [3.63, 3.8) is 0 Å². The van der Waals surface area contributed by atoms with E-state index in [1.807, 2.05) is 14.4 Å². The van der Waals surface area contributed by atoms with Gasteiger partial charge in [0.1, 0.15) is 0 Å². The molecule has 0 fully saturated rings. The molecule has 3 rings (SSSR count). The van der Waals surface area contributed by atoms with Crippen LogP contribution in [0.3, 0.4) is 0 Å². The average molecular weight is 1440 g/mol. The second-order valence-corrected chi connectivity index (χ2v) is 33.9. The third-order valence-corrected chi connectivity index (χ3v) is 24.1. The average Bonchev–Trinajstić information content (AvgIpc) is 1.65. The Morgan fingerprint density at radius 2 is 0.426 bits per heavy atom. The normalized spacial score (nSPS) is 12.4. The molecule has 0 amide bonds. The van der Waals surface area contributed by atoms with Crippen molar-refractivity contribution in [2.24, 2.45) is 0 Å². The van der Waals surface area contributed by atoms with Gasteiger partial charge >= 0.3 is 166 Å². The van der Waals surface area contributed by atoms with Gasteiger partial charge in [0.05, 0.1) is 0 Å². The van der Waals surface area contributed by atoms with E-state index in [1.165, 1.54) is 451 Å². The molecule has 0 unspecified atom stereocenters. The Labute approximate surface area is 641 Å². The summed E-state index contributed by atoms with van der Waals surface area (Å²) in [7, 11) is 0. The van der Waals surface area contributed by atoms with Gasteiger partial charge in [-0.05, 0) is 148 Å². The Morgan fingerprint density at radius 3 is 0.683 bits per heavy atom. The molecule has 1 heterocycles. The van der Waals surface area contributed by atoms with Gasteiger partial charge in [0.25, 0.3) is 0 Å². The molecule has 2 aromatic rings. The number of aryl methyl sites for hydroxylation is 4. The van der Waals surface area contributed by atoms with Gasteiger partial charge in [-0.1, -0.05) is 287 Å². The number of allylic oxidation sites excluding steroid dienone is 2. The predicted octanol–water partition coefficient (Wildman–Crippen LogP) is 35.2. The summed E-state index contributed by atoms with van der Waals surface area (Å²) in [4.78, 5) is 0. The topological polar surface area (TPSA) is 25.3 Å². The van der Waals surface area contributed by atoms with E-state index >= 15 is 0 Å². The van der Waals surface area contributed by atoms with E-state index in [1.54, 1.807) is 38.1 Å². The van der Waals surface area contributed by atoms with E-state index in [2.05, 4.69) is 92.7 Å². The fraction of sp³-hybridized carbons (Fsp3) is 0.837. The molecule has 3 heteroatoms. The summed E-state index contributed by atoms with van der Waals surface area (Å²) in [6.07, 6.45) is 99.5. The van der Waals surface area contributed by atoms with Crippen LogP contribution in [0, 0.1) is 0 Å². The van der Waals surface area contributed by atoms with Gasteiger partial charge in [-0.3, -0.25) is 0 Å². The Kier molecular flexibility index (Phi) is 68.0. The molecule has 2 nitrogen and oxygen atoms in total. The molecule has 1 aliphatic heterocycles. The number of unbranched alkanes of at least 4 members (excludes halogenated alkanes) is 55. The first-order valence-corrected chi connectivity index (χ1v) is 48.0. The zero-order chi connectivity index (χ0) is 72.8. The van der Waals surface area contributed by atoms with Gasteiger partial charge in [-0.25, -0.2) is 4.70 Å². The van der Waals surface area contributed by atoms with E-state index in [4.69, 9.17) is 0 Å². The molecular formula is C98H178N2Ni. The van der Waals surface area contributed by atoms with Crippen LogP contribution in [0.4, 0.5) is 0 Å². The number of hydrogen-bond acceptors (Lipinski definition) is 0. The van der Waals surface area contributed by atoms with Crippen LogP contribution in [0.25, 0.3) is 16.9 Å². The van der Waals surface area contributed by atoms with Crippen LogP contribution in [0.1, 0.15) is 524 Å². The quantitative estimate of drug-likeness (QED) is 0.0358. The summed E-state index contributed by atoms with van der Waals surface area (Å²) in [6.45, 7) is 20.9. The van der Waals surface area contributed by atoms with Crippen LogP contribution < -0.4 is 0 Å². The molecule has 0 spiro atoms. The molecule has 0 aromatic heterocycles. The Bertz CT molecular complexity index is 2110. The summed E-state index contributed by atoms with van der Waals surface area (Å²) < 4.78 is 1.68. The minimum Gasteiger partial charge on any atom is -0.0654 e. The third kappa shape index (κ3) is 50.3. The van der Waals surface area contributed by atoms with Crippen molar-refractivity contribution in [2.45, 2.75) is 529 Å². The maximum absolute atomic E-state index is 12.8. The number of rotatable bonds is 75. The fourth-order valence-electron chi connectivity index (χ4n) is 16.0. The van der Waals surface area contributed by atoms with E-state index in [0.717, 1.165) is 43.5 Å². The zero-order valence-electron chi connectivity index (χ0n) is 70.2. The molecule has 101 heavy (non-hydrogen) atoms. The van der Waals surface area contributed by atoms with E-state index in [9.17, 15) is 5.53 Å². The third-order valence-electron chi connectivity index (χ3n) is 22.7. The molecule has 0 radical (unpaired) electrons. The molecule has 1 aliphatic rings. The molecule has 0 saturated carbocycles. The van der Waals surface area contributed by atoms with Gasteiger partial charge < -0.3 is 5.53 Å². The Balaban J connectivity index is 0.000000766. The minimum absolute atomic E-state index is 1.01. The SMILES string of the molecule is CCCCCCCCC1=C(c2cc(CCCCCC)c(CCCCCC)c(CCCCCC)c2)[N+](=[N-])C(c2cc(CCCCCC)c(CCCCCC)c(CCCCCC)c2)=C1.CCCCCCCCCCCCCCCCCC[CH2][Ni][CH2]CCCCCCCCCCCCCCCCCC. The maximum atomic E-state index is 12.8. The van der Waals surface area contributed by atoms with Gasteiger partial charge in [-0.2, -0.15) is 0 Å². The standard InChI is InChI=1S/C60H100N2.2C19H39.Ni/c1-8-15-22-29-30-35-42-54-49-59(55-45-50(38-31-23-16-9-2)57(43-36-27-20-13-6)51(46-55)39-32-24-17-10-3)62(61)60(54)56-47-52(40-33-25-18-11-4)58(44-37-28-21-14-7)53(48-56)41-34-26-19-12-5;2*1-3-5-7-9-11-13-15-17-19-18-16-14-12-10-8-6-4-2;/h45-49H,8-44H2,1-7H3;2*1,3-19H2,2H3;. The molecule has 0 saturated heterocycles. The second kappa shape index (κ2) is 72.2. The first-order chi connectivity index (χ1) is 49.9. The predicted molar refractivity (Wildman–Crippen MR) is 454 cm³/mol. The molecule has 590 valence electrons. The Hall–Kier alpha value is -1.99. The summed E-state index contributed by atoms with van der Waals surface area (Å²) in [5, 5.41) is 2.87. The smallest absolute Gasteiger partial charge is 0.0654 e. The van der Waals surface area contributed by atoms with Gasteiger partial charge in [-0.15, -0.1) is 0 Å². The molecule has 0 atom stereocenters. The van der Waals surface area contributed by atoms with Gasteiger partial charge in [0.2, 0.25) is 11.4 Å². The van der Waals surface area contributed by atoms with E-state index in [0.29, 0.717) is 0 Å². The van der Waals surface area contributed by atoms with Crippen LogP contribution in [-0.4, -0.2) is 4.70 Å². The van der Waals surface area contributed by atoms with Gasteiger partial charge in [0.15, 0.2) is 0 Å². The fourth-order valence-corrected chi connectivity index (χ4v) is 17.3.